The highest BCUT2D eigenvalue weighted by molar-refractivity contribution is 8.23. The third-order valence-electron chi connectivity index (χ3n) is 3.70. The zero-order valence-corrected chi connectivity index (χ0v) is 16.9. The highest BCUT2D eigenvalue weighted by atomic mass is 32.2. The van der Waals surface area contributed by atoms with Crippen LogP contribution in [0.4, 0.5) is 0 Å². The molecule has 0 saturated heterocycles. The van der Waals surface area contributed by atoms with Gasteiger partial charge in [-0.3, -0.25) is 9.59 Å². The van der Waals surface area contributed by atoms with Crippen molar-refractivity contribution in [2.45, 2.75) is 83.3 Å². The van der Waals surface area contributed by atoms with Gasteiger partial charge in [-0.15, -0.1) is 0 Å². The molecule has 0 aromatic carbocycles. The lowest BCUT2D eigenvalue weighted by atomic mass is 10.0. The van der Waals surface area contributed by atoms with Gasteiger partial charge in [0.25, 0.3) is 0 Å². The molecule has 0 radical (unpaired) electrons. The molecule has 1 atom stereocenters. The van der Waals surface area contributed by atoms with Crippen molar-refractivity contribution in [2.75, 3.05) is 13.7 Å². The Morgan fingerprint density at radius 2 is 1.62 bits per heavy atom. The second-order valence-electron chi connectivity index (χ2n) is 5.76. The smallest absolute Gasteiger partial charge is 0.319 e. The van der Waals surface area contributed by atoms with Gasteiger partial charge in [-0.05, 0) is 38.4 Å². The van der Waals surface area contributed by atoms with Crippen molar-refractivity contribution >= 4 is 40.1 Å². The molecule has 0 bridgehead atoms. The lowest BCUT2D eigenvalue weighted by molar-refractivity contribution is -0.140. The summed E-state index contributed by atoms with van der Waals surface area (Å²) in [5.74, 6) is 0.0940. The first-order valence-corrected chi connectivity index (χ1v) is 10.3. The minimum atomic E-state index is -0.321. The number of unbranched alkanes of at least 4 members (excludes halogenated alkanes) is 5. The Bertz CT molecular complexity index is 372. The summed E-state index contributed by atoms with van der Waals surface area (Å²) in [6, 6.07) is 0. The zero-order valence-electron chi connectivity index (χ0n) is 15.3. The van der Waals surface area contributed by atoms with Crippen LogP contribution in [0.5, 0.6) is 0 Å². The number of ketones is 1. The number of Topliss-reactive ketones (excluding diaryl/α,β-unsaturated/α-hetero) is 1. The Labute approximate surface area is 156 Å². The summed E-state index contributed by atoms with van der Waals surface area (Å²) < 4.78 is 10.4. The van der Waals surface area contributed by atoms with E-state index < -0.39 is 0 Å². The predicted octanol–water partition coefficient (Wildman–Crippen LogP) is 5.07. The SMILES string of the molecule is CCCCCCC(=O)CCCCCC(SC(=S)OCC)C(=O)OC. The first kappa shape index (κ1) is 23.4. The molecule has 0 aliphatic rings. The standard InChI is InChI=1S/C18H32O4S2/c1-4-6-7-9-12-15(19)13-10-8-11-14-16(17(20)21-3)24-18(23)22-5-2/h16H,4-14H2,1-3H3. The maximum absolute atomic E-state index is 11.8. The van der Waals surface area contributed by atoms with Crippen LogP contribution in [-0.2, 0) is 19.1 Å². The molecule has 4 nitrogen and oxygen atoms in total. The lowest BCUT2D eigenvalue weighted by Gasteiger charge is -2.14. The second-order valence-corrected chi connectivity index (χ2v) is 7.57. The first-order valence-electron chi connectivity index (χ1n) is 8.98. The normalized spacial score (nSPS) is 11.8. The number of hydrogen-bond acceptors (Lipinski definition) is 6. The lowest BCUT2D eigenvalue weighted by Crippen LogP contribution is -2.21. The van der Waals surface area contributed by atoms with Crippen LogP contribution in [0.25, 0.3) is 0 Å². The summed E-state index contributed by atoms with van der Waals surface area (Å²) in [5.41, 5.74) is 0. The van der Waals surface area contributed by atoms with E-state index in [-0.39, 0.29) is 11.2 Å². The second kappa shape index (κ2) is 15.9. The number of methoxy groups -OCH3 is 1. The van der Waals surface area contributed by atoms with Gasteiger partial charge in [0.1, 0.15) is 11.0 Å². The number of rotatable bonds is 14. The molecule has 0 N–H and O–H groups in total. The molecule has 0 heterocycles. The van der Waals surface area contributed by atoms with Gasteiger partial charge < -0.3 is 9.47 Å². The van der Waals surface area contributed by atoms with E-state index in [9.17, 15) is 9.59 Å². The molecule has 140 valence electrons. The van der Waals surface area contributed by atoms with Gasteiger partial charge in [-0.25, -0.2) is 0 Å². The average Bonchev–Trinajstić information content (AvgIpc) is 2.56. The molecule has 24 heavy (non-hydrogen) atoms. The van der Waals surface area contributed by atoms with Crippen molar-refractivity contribution in [3.8, 4) is 0 Å². The van der Waals surface area contributed by atoms with Crippen molar-refractivity contribution in [1.82, 2.24) is 0 Å². The summed E-state index contributed by atoms with van der Waals surface area (Å²) >= 11 is 6.33. The molecule has 0 aliphatic heterocycles. The molecule has 0 amide bonds. The minimum absolute atomic E-state index is 0.269. The van der Waals surface area contributed by atoms with E-state index in [1.165, 1.54) is 31.7 Å². The van der Waals surface area contributed by atoms with Gasteiger partial charge in [0, 0.05) is 12.8 Å². The number of hydrogen-bond donors (Lipinski definition) is 0. The molecular formula is C18H32O4S2. The fourth-order valence-corrected chi connectivity index (χ4v) is 3.69. The topological polar surface area (TPSA) is 52.6 Å². The van der Waals surface area contributed by atoms with Crippen LogP contribution in [0.3, 0.4) is 0 Å². The van der Waals surface area contributed by atoms with E-state index in [1.807, 2.05) is 6.92 Å². The fraction of sp³-hybridized carbons (Fsp3) is 0.833. The first-order chi connectivity index (χ1) is 11.5. The van der Waals surface area contributed by atoms with Gasteiger partial charge in [-0.1, -0.05) is 50.8 Å². The summed E-state index contributed by atoms with van der Waals surface area (Å²) in [7, 11) is 1.39. The summed E-state index contributed by atoms with van der Waals surface area (Å²) in [4.78, 5) is 23.5. The zero-order chi connectivity index (χ0) is 18.2. The van der Waals surface area contributed by atoms with Gasteiger partial charge in [0.05, 0.1) is 13.7 Å². The van der Waals surface area contributed by atoms with Crippen LogP contribution in [0.2, 0.25) is 0 Å². The predicted molar refractivity (Wildman–Crippen MR) is 104 cm³/mol. The summed E-state index contributed by atoms with van der Waals surface area (Å²) in [5, 5.41) is -0.321. The molecule has 0 fully saturated rings. The number of thioether (sulfide) groups is 1. The van der Waals surface area contributed by atoms with E-state index in [4.69, 9.17) is 21.7 Å². The minimum Gasteiger partial charge on any atom is -0.479 e. The van der Waals surface area contributed by atoms with Crippen LogP contribution in [-0.4, -0.2) is 35.1 Å². The van der Waals surface area contributed by atoms with Crippen molar-refractivity contribution in [1.29, 1.82) is 0 Å². The van der Waals surface area contributed by atoms with Gasteiger partial charge in [0.15, 0.2) is 0 Å². The maximum atomic E-state index is 11.8. The summed E-state index contributed by atoms with van der Waals surface area (Å²) in [6.45, 7) is 4.53. The maximum Gasteiger partial charge on any atom is 0.319 e. The molecule has 6 heteroatoms. The Hall–Kier alpha value is -0.620. The molecule has 0 rings (SSSR count). The van der Waals surface area contributed by atoms with E-state index in [0.717, 1.165) is 32.1 Å². The van der Waals surface area contributed by atoms with E-state index in [1.54, 1.807) is 0 Å². The van der Waals surface area contributed by atoms with Crippen LogP contribution in [0, 0.1) is 0 Å². The van der Waals surface area contributed by atoms with Crippen LogP contribution in [0.1, 0.15) is 78.1 Å². The van der Waals surface area contributed by atoms with Crippen molar-refractivity contribution in [3.05, 3.63) is 0 Å². The molecule has 0 aliphatic carbocycles. The molecule has 0 saturated carbocycles. The number of carbonyl (C=O) groups excluding carboxylic acids is 2. The fourth-order valence-electron chi connectivity index (χ4n) is 2.33. The van der Waals surface area contributed by atoms with Crippen LogP contribution >= 0.6 is 24.0 Å². The van der Waals surface area contributed by atoms with E-state index >= 15 is 0 Å². The van der Waals surface area contributed by atoms with Crippen molar-refractivity contribution < 1.29 is 19.1 Å². The number of ether oxygens (including phenoxy) is 2. The van der Waals surface area contributed by atoms with E-state index in [0.29, 0.717) is 36.0 Å². The van der Waals surface area contributed by atoms with Crippen molar-refractivity contribution in [2.24, 2.45) is 0 Å². The Morgan fingerprint density at radius 3 is 2.17 bits per heavy atom. The Morgan fingerprint density at radius 1 is 1.00 bits per heavy atom. The molecule has 0 spiro atoms. The molecule has 0 aromatic heterocycles. The largest absolute Gasteiger partial charge is 0.479 e. The molecule has 1 unspecified atom stereocenters. The van der Waals surface area contributed by atoms with Gasteiger partial charge in [0.2, 0.25) is 4.38 Å². The van der Waals surface area contributed by atoms with Crippen molar-refractivity contribution in [3.63, 3.8) is 0 Å². The highest BCUT2D eigenvalue weighted by Crippen LogP contribution is 2.22. The third kappa shape index (κ3) is 12.8. The molecular weight excluding hydrogens is 344 g/mol. The van der Waals surface area contributed by atoms with E-state index in [2.05, 4.69) is 6.92 Å². The highest BCUT2D eigenvalue weighted by Gasteiger charge is 2.22. The number of thiocarbonyl (C=S) groups is 1. The molecule has 0 aromatic rings. The number of carbonyl (C=O) groups is 2. The monoisotopic (exact) mass is 376 g/mol. The quantitative estimate of drug-likeness (QED) is 0.240. The van der Waals surface area contributed by atoms with Crippen LogP contribution in [0.15, 0.2) is 0 Å². The Kier molecular flexibility index (Phi) is 15.5. The summed E-state index contributed by atoms with van der Waals surface area (Å²) in [6.07, 6.45) is 9.34. The number of esters is 1. The third-order valence-corrected chi connectivity index (χ3v) is 5.13. The average molecular weight is 377 g/mol. The van der Waals surface area contributed by atoms with Crippen LogP contribution < -0.4 is 0 Å². The Balaban J connectivity index is 3.88. The van der Waals surface area contributed by atoms with Gasteiger partial charge in [-0.2, -0.15) is 0 Å². The van der Waals surface area contributed by atoms with Gasteiger partial charge >= 0.3 is 5.97 Å².